The number of methoxy groups -OCH3 is 1. The van der Waals surface area contributed by atoms with Gasteiger partial charge in [-0.2, -0.15) is 5.10 Å². The second-order valence-corrected chi connectivity index (χ2v) is 6.70. The fourth-order valence-electron chi connectivity index (χ4n) is 1.99. The van der Waals surface area contributed by atoms with Gasteiger partial charge in [-0.05, 0) is 19.9 Å². The number of hydrogen-bond acceptors (Lipinski definition) is 5. The van der Waals surface area contributed by atoms with E-state index in [-0.39, 0.29) is 11.8 Å². The predicted octanol–water partition coefficient (Wildman–Crippen LogP) is 0.997. The number of nitrogens with zero attached hydrogens (tertiary/aromatic N) is 2. The largest absolute Gasteiger partial charge is 0.493 e. The van der Waals surface area contributed by atoms with Crippen molar-refractivity contribution in [2.45, 2.75) is 32.9 Å². The molecule has 110 valence electrons. The Morgan fingerprint density at radius 2 is 2.16 bits per heavy atom. The molecule has 19 heavy (non-hydrogen) atoms. The SMILES string of the molecule is CCCNC(CS(C)(=O)=O)c1c(OC)cnn1CC. The standard InChI is InChI=1S/C12H23N3O3S/c1-5-7-13-10(9-19(4,16)17)12-11(18-3)8-14-15(12)6-2/h8,10,13H,5-7,9H2,1-4H3. The smallest absolute Gasteiger partial charge is 0.161 e. The summed E-state index contributed by atoms with van der Waals surface area (Å²) in [6.45, 7) is 5.43. The molecule has 1 atom stereocenters. The molecule has 0 aromatic carbocycles. The summed E-state index contributed by atoms with van der Waals surface area (Å²) < 4.78 is 30.2. The lowest BCUT2D eigenvalue weighted by atomic mass is 10.2. The average Bonchev–Trinajstić information content (AvgIpc) is 2.75. The van der Waals surface area contributed by atoms with Gasteiger partial charge in [0.2, 0.25) is 0 Å². The van der Waals surface area contributed by atoms with Crippen molar-refractivity contribution in [2.24, 2.45) is 0 Å². The highest BCUT2D eigenvalue weighted by Crippen LogP contribution is 2.26. The fraction of sp³-hybridized carbons (Fsp3) is 0.750. The van der Waals surface area contributed by atoms with Gasteiger partial charge in [0.1, 0.15) is 9.84 Å². The second kappa shape index (κ2) is 6.91. The Kier molecular flexibility index (Phi) is 5.81. The molecule has 6 nitrogen and oxygen atoms in total. The lowest BCUT2D eigenvalue weighted by Gasteiger charge is -2.20. The molecular weight excluding hydrogens is 266 g/mol. The number of sulfone groups is 1. The van der Waals surface area contributed by atoms with Crippen LogP contribution >= 0.6 is 0 Å². The summed E-state index contributed by atoms with van der Waals surface area (Å²) in [4.78, 5) is 0. The summed E-state index contributed by atoms with van der Waals surface area (Å²) in [6, 6.07) is -0.299. The minimum absolute atomic E-state index is 0.0368. The maximum absolute atomic E-state index is 11.6. The van der Waals surface area contributed by atoms with Crippen LogP contribution in [0.25, 0.3) is 0 Å². The maximum Gasteiger partial charge on any atom is 0.161 e. The van der Waals surface area contributed by atoms with E-state index < -0.39 is 9.84 Å². The van der Waals surface area contributed by atoms with Crippen LogP contribution in [0.15, 0.2) is 6.20 Å². The molecule has 0 radical (unpaired) electrons. The van der Waals surface area contributed by atoms with Gasteiger partial charge < -0.3 is 10.1 Å². The van der Waals surface area contributed by atoms with E-state index in [1.54, 1.807) is 18.0 Å². The summed E-state index contributed by atoms with van der Waals surface area (Å²) in [7, 11) is -1.52. The zero-order chi connectivity index (χ0) is 14.5. The van der Waals surface area contributed by atoms with E-state index in [2.05, 4.69) is 10.4 Å². The molecule has 0 amide bonds. The van der Waals surface area contributed by atoms with Crippen molar-refractivity contribution in [1.82, 2.24) is 15.1 Å². The first-order chi connectivity index (χ1) is 8.92. The minimum Gasteiger partial charge on any atom is -0.493 e. The molecule has 1 N–H and O–H groups in total. The Morgan fingerprint density at radius 3 is 2.63 bits per heavy atom. The Morgan fingerprint density at radius 1 is 1.47 bits per heavy atom. The van der Waals surface area contributed by atoms with Gasteiger partial charge in [-0.15, -0.1) is 0 Å². The van der Waals surface area contributed by atoms with Crippen molar-refractivity contribution in [1.29, 1.82) is 0 Å². The van der Waals surface area contributed by atoms with Crippen molar-refractivity contribution in [3.8, 4) is 5.75 Å². The van der Waals surface area contributed by atoms with Crippen molar-refractivity contribution in [3.63, 3.8) is 0 Å². The van der Waals surface area contributed by atoms with Gasteiger partial charge >= 0.3 is 0 Å². The molecule has 0 saturated carbocycles. The van der Waals surface area contributed by atoms with E-state index in [0.717, 1.165) is 18.7 Å². The number of rotatable bonds is 8. The van der Waals surface area contributed by atoms with Crippen LogP contribution in [0.4, 0.5) is 0 Å². The highest BCUT2D eigenvalue weighted by atomic mass is 32.2. The van der Waals surface area contributed by atoms with Crippen LogP contribution < -0.4 is 10.1 Å². The third-order valence-electron chi connectivity index (χ3n) is 2.80. The number of aromatic nitrogens is 2. The van der Waals surface area contributed by atoms with Gasteiger partial charge in [-0.3, -0.25) is 4.68 Å². The highest BCUT2D eigenvalue weighted by molar-refractivity contribution is 7.90. The molecule has 0 aliphatic carbocycles. The monoisotopic (exact) mass is 289 g/mol. The van der Waals surface area contributed by atoms with E-state index in [1.807, 2.05) is 13.8 Å². The van der Waals surface area contributed by atoms with Crippen LogP contribution in [-0.4, -0.2) is 43.9 Å². The van der Waals surface area contributed by atoms with Crippen LogP contribution in [0.1, 0.15) is 32.0 Å². The Bertz CT molecular complexity index is 475. The molecule has 1 unspecified atom stereocenters. The van der Waals surface area contributed by atoms with E-state index in [0.29, 0.717) is 12.3 Å². The van der Waals surface area contributed by atoms with Crippen LogP contribution in [-0.2, 0) is 16.4 Å². The Hall–Kier alpha value is -1.08. The van der Waals surface area contributed by atoms with Gasteiger partial charge in [-0.1, -0.05) is 6.92 Å². The molecule has 0 bridgehead atoms. The minimum atomic E-state index is -3.09. The van der Waals surface area contributed by atoms with E-state index in [1.165, 1.54) is 6.26 Å². The topological polar surface area (TPSA) is 73.2 Å². The number of nitrogens with one attached hydrogen (secondary N) is 1. The van der Waals surface area contributed by atoms with Crippen molar-refractivity contribution < 1.29 is 13.2 Å². The van der Waals surface area contributed by atoms with E-state index >= 15 is 0 Å². The van der Waals surface area contributed by atoms with E-state index in [4.69, 9.17) is 4.74 Å². The molecule has 1 aromatic heterocycles. The van der Waals surface area contributed by atoms with Crippen molar-refractivity contribution in [2.75, 3.05) is 25.7 Å². The zero-order valence-corrected chi connectivity index (χ0v) is 12.8. The van der Waals surface area contributed by atoms with Gasteiger partial charge in [-0.25, -0.2) is 8.42 Å². The number of ether oxygens (including phenoxy) is 1. The molecule has 1 rings (SSSR count). The predicted molar refractivity (Wildman–Crippen MR) is 75.2 cm³/mol. The molecular formula is C12H23N3O3S. The molecule has 7 heteroatoms. The summed E-state index contributed by atoms with van der Waals surface area (Å²) >= 11 is 0. The Balaban J connectivity index is 3.11. The second-order valence-electron chi connectivity index (χ2n) is 4.51. The molecule has 0 saturated heterocycles. The first-order valence-corrected chi connectivity index (χ1v) is 8.49. The third-order valence-corrected chi connectivity index (χ3v) is 3.74. The number of aryl methyl sites for hydroxylation is 1. The molecule has 0 fully saturated rings. The first-order valence-electron chi connectivity index (χ1n) is 6.43. The summed E-state index contributed by atoms with van der Waals surface area (Å²) in [5.41, 5.74) is 0.795. The van der Waals surface area contributed by atoms with Gasteiger partial charge in [0.05, 0.1) is 30.8 Å². The zero-order valence-electron chi connectivity index (χ0n) is 12.0. The molecule has 0 aliphatic heterocycles. The average molecular weight is 289 g/mol. The number of hydrogen-bond donors (Lipinski definition) is 1. The molecule has 1 aromatic rings. The first kappa shape index (κ1) is 16.0. The normalized spacial score (nSPS) is 13.5. The molecule has 0 aliphatic rings. The summed E-state index contributed by atoms with van der Waals surface area (Å²) in [5, 5.41) is 7.48. The highest BCUT2D eigenvalue weighted by Gasteiger charge is 2.24. The van der Waals surface area contributed by atoms with Crippen LogP contribution in [0.3, 0.4) is 0 Å². The Labute approximate surface area is 115 Å². The maximum atomic E-state index is 11.6. The van der Waals surface area contributed by atoms with Crippen LogP contribution in [0.5, 0.6) is 5.75 Å². The van der Waals surface area contributed by atoms with Crippen LogP contribution in [0, 0.1) is 0 Å². The molecule has 1 heterocycles. The van der Waals surface area contributed by atoms with Gasteiger partial charge in [0.15, 0.2) is 5.75 Å². The third kappa shape index (κ3) is 4.50. The quantitative estimate of drug-likeness (QED) is 0.773. The van der Waals surface area contributed by atoms with Crippen molar-refractivity contribution >= 4 is 9.84 Å². The van der Waals surface area contributed by atoms with E-state index in [9.17, 15) is 8.42 Å². The van der Waals surface area contributed by atoms with Gasteiger partial charge in [0.25, 0.3) is 0 Å². The summed E-state index contributed by atoms with van der Waals surface area (Å²) in [6.07, 6.45) is 3.80. The summed E-state index contributed by atoms with van der Waals surface area (Å²) in [5.74, 6) is 0.661. The van der Waals surface area contributed by atoms with Crippen molar-refractivity contribution in [3.05, 3.63) is 11.9 Å². The lowest BCUT2D eigenvalue weighted by molar-refractivity contribution is 0.395. The van der Waals surface area contributed by atoms with Gasteiger partial charge in [0, 0.05) is 12.8 Å². The lowest BCUT2D eigenvalue weighted by Crippen LogP contribution is -2.30. The van der Waals surface area contributed by atoms with Crippen LogP contribution in [0.2, 0.25) is 0 Å². The fourth-order valence-corrected chi connectivity index (χ4v) is 2.88. The molecule has 0 spiro atoms.